The molecule has 0 saturated carbocycles. The molecule has 0 aliphatic carbocycles. The van der Waals surface area contributed by atoms with Gasteiger partial charge in [0.15, 0.2) is 0 Å². The van der Waals surface area contributed by atoms with Crippen LogP contribution in [0.3, 0.4) is 0 Å². The molecule has 9 nitrogen and oxygen atoms in total. The van der Waals surface area contributed by atoms with Gasteiger partial charge in [-0.3, -0.25) is 14.9 Å². The summed E-state index contributed by atoms with van der Waals surface area (Å²) in [6.07, 6.45) is -0.705. The van der Waals surface area contributed by atoms with Crippen molar-refractivity contribution < 1.29 is 24.0 Å². The van der Waals surface area contributed by atoms with Crippen LogP contribution < -0.4 is 10.5 Å². The average Bonchev–Trinajstić information content (AvgIpc) is 2.39. The topological polar surface area (TPSA) is 125 Å². The summed E-state index contributed by atoms with van der Waals surface area (Å²) in [6, 6.07) is 3.79. The van der Waals surface area contributed by atoms with E-state index >= 15 is 0 Å². The van der Waals surface area contributed by atoms with Gasteiger partial charge in [-0.15, -0.1) is 0 Å². The van der Waals surface area contributed by atoms with Crippen LogP contribution in [0, 0.1) is 10.1 Å². The predicted octanol–water partition coefficient (Wildman–Crippen LogP) is 1.69. The number of hydrogen-bond acceptors (Lipinski definition) is 6. The van der Waals surface area contributed by atoms with Gasteiger partial charge in [0.2, 0.25) is 0 Å². The number of rotatable bonds is 4. The molecule has 0 atom stereocenters. The van der Waals surface area contributed by atoms with Crippen molar-refractivity contribution in [1.29, 1.82) is 0 Å². The van der Waals surface area contributed by atoms with Crippen LogP contribution in [0.2, 0.25) is 0 Å². The lowest BCUT2D eigenvalue weighted by molar-refractivity contribution is -0.385. The van der Waals surface area contributed by atoms with E-state index in [4.69, 9.17) is 15.2 Å². The van der Waals surface area contributed by atoms with Crippen molar-refractivity contribution in [3.63, 3.8) is 0 Å². The number of carbonyl (C=O) groups excluding carboxylic acids is 2. The monoisotopic (exact) mass is 337 g/mol. The van der Waals surface area contributed by atoms with E-state index in [9.17, 15) is 19.7 Å². The lowest BCUT2D eigenvalue weighted by atomic mass is 10.1. The molecule has 1 aromatic carbocycles. The summed E-state index contributed by atoms with van der Waals surface area (Å²) in [5, 5.41) is 10.9. The summed E-state index contributed by atoms with van der Waals surface area (Å²) in [7, 11) is 0. The van der Waals surface area contributed by atoms with Crippen LogP contribution in [0.4, 0.5) is 10.5 Å². The number of ether oxygens (including phenoxy) is 2. The molecule has 2 amide bonds. The highest BCUT2D eigenvalue weighted by atomic mass is 16.6. The van der Waals surface area contributed by atoms with Crippen LogP contribution in [0.5, 0.6) is 5.75 Å². The maximum Gasteiger partial charge on any atom is 0.410 e. The fourth-order valence-electron chi connectivity index (χ4n) is 2.13. The molecule has 1 aliphatic rings. The third-order valence-electron chi connectivity index (χ3n) is 3.23. The number of amides is 2. The van der Waals surface area contributed by atoms with Crippen LogP contribution in [0.25, 0.3) is 0 Å². The Morgan fingerprint density at radius 2 is 1.96 bits per heavy atom. The molecule has 2 rings (SSSR count). The van der Waals surface area contributed by atoms with Crippen molar-refractivity contribution in [2.45, 2.75) is 32.5 Å². The summed E-state index contributed by atoms with van der Waals surface area (Å²) >= 11 is 0. The van der Waals surface area contributed by atoms with Crippen molar-refractivity contribution in [3.05, 3.63) is 33.9 Å². The minimum Gasteiger partial charge on any atom is -0.487 e. The molecule has 24 heavy (non-hydrogen) atoms. The van der Waals surface area contributed by atoms with E-state index in [0.29, 0.717) is 13.1 Å². The Kier molecular flexibility index (Phi) is 4.63. The van der Waals surface area contributed by atoms with E-state index in [-0.39, 0.29) is 23.1 Å². The molecular formula is C15H19N3O6. The Balaban J connectivity index is 1.97. The molecule has 1 aromatic rings. The van der Waals surface area contributed by atoms with Crippen LogP contribution in [-0.2, 0) is 4.74 Å². The third-order valence-corrected chi connectivity index (χ3v) is 3.23. The van der Waals surface area contributed by atoms with Crippen molar-refractivity contribution in [2.75, 3.05) is 13.1 Å². The number of nitrogens with zero attached hydrogens (tertiary/aromatic N) is 2. The summed E-state index contributed by atoms with van der Waals surface area (Å²) in [6.45, 7) is 6.00. The minimum atomic E-state index is -0.906. The quantitative estimate of drug-likeness (QED) is 0.658. The summed E-state index contributed by atoms with van der Waals surface area (Å²) in [5.41, 5.74) is 3.98. The van der Waals surface area contributed by atoms with E-state index in [0.717, 1.165) is 0 Å². The van der Waals surface area contributed by atoms with Crippen molar-refractivity contribution in [1.82, 2.24) is 4.90 Å². The first-order chi connectivity index (χ1) is 11.1. The van der Waals surface area contributed by atoms with Gasteiger partial charge in [0.25, 0.3) is 11.6 Å². The van der Waals surface area contributed by atoms with Crippen molar-refractivity contribution in [2.24, 2.45) is 5.73 Å². The Labute approximate surface area is 138 Å². The van der Waals surface area contributed by atoms with Gasteiger partial charge in [-0.05, 0) is 32.9 Å². The smallest absolute Gasteiger partial charge is 0.410 e. The molecule has 0 aromatic heterocycles. The van der Waals surface area contributed by atoms with Crippen LogP contribution in [0.15, 0.2) is 18.2 Å². The lowest BCUT2D eigenvalue weighted by Crippen LogP contribution is -2.57. The molecule has 0 bridgehead atoms. The van der Waals surface area contributed by atoms with Gasteiger partial charge in [-0.25, -0.2) is 4.79 Å². The Hall–Kier alpha value is -2.84. The molecule has 1 saturated heterocycles. The fraction of sp³-hybridized carbons (Fsp3) is 0.467. The van der Waals surface area contributed by atoms with Gasteiger partial charge in [-0.2, -0.15) is 0 Å². The van der Waals surface area contributed by atoms with Gasteiger partial charge in [-0.1, -0.05) is 0 Å². The standard InChI is InChI=1S/C15H19N3O6/c1-15(2,3)24-14(20)17-7-10(8-17)23-9-4-5-12(18(21)22)11(6-9)13(16)19/h4-6,10H,7-8H2,1-3H3,(H2,16,19). The van der Waals surface area contributed by atoms with E-state index < -0.39 is 22.5 Å². The Bertz CT molecular complexity index is 676. The van der Waals surface area contributed by atoms with Crippen molar-refractivity contribution >= 4 is 17.7 Å². The van der Waals surface area contributed by atoms with Crippen LogP contribution in [0.1, 0.15) is 31.1 Å². The van der Waals surface area contributed by atoms with Crippen LogP contribution in [-0.4, -0.2) is 46.6 Å². The normalized spacial score (nSPS) is 14.7. The van der Waals surface area contributed by atoms with Gasteiger partial charge in [0, 0.05) is 6.07 Å². The average molecular weight is 337 g/mol. The SMILES string of the molecule is CC(C)(C)OC(=O)N1CC(Oc2ccc([N+](=O)[O-])c(C(N)=O)c2)C1. The Morgan fingerprint density at radius 3 is 2.46 bits per heavy atom. The second kappa shape index (κ2) is 6.34. The van der Waals surface area contributed by atoms with Crippen LogP contribution >= 0.6 is 0 Å². The molecule has 1 aliphatic heterocycles. The predicted molar refractivity (Wildman–Crippen MR) is 83.8 cm³/mol. The first-order valence-corrected chi connectivity index (χ1v) is 7.29. The molecule has 1 fully saturated rings. The van der Waals surface area contributed by atoms with E-state index in [1.54, 1.807) is 20.8 Å². The number of nitrogens with two attached hydrogens (primary N) is 1. The molecule has 0 radical (unpaired) electrons. The maximum absolute atomic E-state index is 11.8. The number of likely N-dealkylation sites (tertiary alicyclic amines) is 1. The molecule has 0 unspecified atom stereocenters. The molecule has 130 valence electrons. The van der Waals surface area contributed by atoms with Crippen molar-refractivity contribution in [3.8, 4) is 5.75 Å². The first-order valence-electron chi connectivity index (χ1n) is 7.29. The zero-order valence-electron chi connectivity index (χ0n) is 13.6. The largest absolute Gasteiger partial charge is 0.487 e. The van der Waals surface area contributed by atoms with Gasteiger partial charge in [0.1, 0.15) is 23.0 Å². The second-order valence-corrected chi connectivity index (χ2v) is 6.43. The fourth-order valence-corrected chi connectivity index (χ4v) is 2.13. The molecular weight excluding hydrogens is 318 g/mol. The second-order valence-electron chi connectivity index (χ2n) is 6.43. The summed E-state index contributed by atoms with van der Waals surface area (Å²) in [5.74, 6) is -0.626. The number of benzene rings is 1. The lowest BCUT2D eigenvalue weighted by Gasteiger charge is -2.39. The summed E-state index contributed by atoms with van der Waals surface area (Å²) in [4.78, 5) is 34.8. The Morgan fingerprint density at radius 1 is 1.33 bits per heavy atom. The molecule has 9 heteroatoms. The van der Waals surface area contributed by atoms with E-state index in [1.165, 1.54) is 23.1 Å². The highest BCUT2D eigenvalue weighted by molar-refractivity contribution is 5.97. The summed E-state index contributed by atoms with van der Waals surface area (Å²) < 4.78 is 10.8. The van der Waals surface area contributed by atoms with E-state index in [1.807, 2.05) is 0 Å². The number of nitro benzene ring substituents is 1. The molecule has 0 spiro atoms. The third kappa shape index (κ3) is 4.12. The highest BCUT2D eigenvalue weighted by Crippen LogP contribution is 2.26. The number of hydrogen-bond donors (Lipinski definition) is 1. The minimum absolute atomic E-state index is 0.221. The van der Waals surface area contributed by atoms with Gasteiger partial charge < -0.3 is 20.1 Å². The zero-order chi connectivity index (χ0) is 18.1. The molecule has 2 N–H and O–H groups in total. The number of primary amides is 1. The first kappa shape index (κ1) is 17.5. The number of carbonyl (C=O) groups is 2. The number of nitro groups is 1. The molecule has 1 heterocycles. The van der Waals surface area contributed by atoms with E-state index in [2.05, 4.69) is 0 Å². The zero-order valence-corrected chi connectivity index (χ0v) is 13.6. The van der Waals surface area contributed by atoms with Gasteiger partial charge in [0.05, 0.1) is 18.0 Å². The maximum atomic E-state index is 11.8. The van der Waals surface area contributed by atoms with Gasteiger partial charge >= 0.3 is 6.09 Å². The highest BCUT2D eigenvalue weighted by Gasteiger charge is 2.35.